The average Bonchev–Trinajstić information content (AvgIpc) is 3.23. The largest absolute Gasteiger partial charge is 0.449 e. The lowest BCUT2D eigenvalue weighted by molar-refractivity contribution is 0.116. The van der Waals surface area contributed by atoms with Crippen LogP contribution in [0.5, 0.6) is 0 Å². The Kier molecular flexibility index (Phi) is 6.82. The maximum Gasteiger partial charge on any atom is 0.417 e. The minimum absolute atomic E-state index is 0.147. The number of carbonyl (C=O) groups excluding carboxylic acids is 1. The van der Waals surface area contributed by atoms with Gasteiger partial charge in [-0.2, -0.15) is 0 Å². The molecule has 6 nitrogen and oxygen atoms in total. The van der Waals surface area contributed by atoms with Crippen LogP contribution in [0, 0.1) is 0 Å². The summed E-state index contributed by atoms with van der Waals surface area (Å²) in [6, 6.07) is 28.2. The summed E-state index contributed by atoms with van der Waals surface area (Å²) < 4.78 is 5.42. The van der Waals surface area contributed by atoms with E-state index in [4.69, 9.17) is 9.73 Å². The van der Waals surface area contributed by atoms with Crippen LogP contribution in [0.1, 0.15) is 41.7 Å². The van der Waals surface area contributed by atoms with Crippen LogP contribution < -0.4 is 5.32 Å². The van der Waals surface area contributed by atoms with Crippen LogP contribution in [0.15, 0.2) is 96.0 Å². The number of nitrogens with one attached hydrogen (secondary N) is 1. The molecule has 164 valence electrons. The summed E-state index contributed by atoms with van der Waals surface area (Å²) in [7, 11) is 0. The maximum absolute atomic E-state index is 13.1. The third-order valence-corrected chi connectivity index (χ3v) is 5.50. The highest BCUT2D eigenvalue weighted by Crippen LogP contribution is 2.42. The minimum atomic E-state index is -0.476. The Bertz CT molecular complexity index is 1040. The quantitative estimate of drug-likeness (QED) is 0.600. The number of hydrogen-bond donors (Lipinski definition) is 2. The third kappa shape index (κ3) is 4.50. The molecule has 0 fully saturated rings. The van der Waals surface area contributed by atoms with Crippen LogP contribution in [0.4, 0.5) is 4.79 Å². The zero-order chi connectivity index (χ0) is 22.3. The summed E-state index contributed by atoms with van der Waals surface area (Å²) in [5.74, 6) is 0.383. The summed E-state index contributed by atoms with van der Waals surface area (Å²) in [5.41, 5.74) is 2.85. The van der Waals surface area contributed by atoms with Crippen molar-refractivity contribution in [2.45, 2.75) is 25.0 Å². The van der Waals surface area contributed by atoms with Gasteiger partial charge in [0.05, 0.1) is 25.3 Å². The monoisotopic (exact) mass is 429 g/mol. The minimum Gasteiger partial charge on any atom is -0.449 e. The molecule has 3 aromatic rings. The van der Waals surface area contributed by atoms with Crippen LogP contribution in [0.3, 0.4) is 0 Å². The molecule has 0 aromatic heterocycles. The van der Waals surface area contributed by atoms with Gasteiger partial charge in [-0.05, 0) is 23.6 Å². The Morgan fingerprint density at radius 1 is 0.969 bits per heavy atom. The fourth-order valence-corrected chi connectivity index (χ4v) is 4.00. The van der Waals surface area contributed by atoms with E-state index in [0.717, 1.165) is 16.7 Å². The molecule has 1 heterocycles. The number of aliphatic hydroxyl groups excluding tert-OH is 1. The van der Waals surface area contributed by atoms with Gasteiger partial charge in [0.1, 0.15) is 6.04 Å². The molecule has 3 atom stereocenters. The topological polar surface area (TPSA) is 74.2 Å². The summed E-state index contributed by atoms with van der Waals surface area (Å²) >= 11 is 0. The number of guanidine groups is 1. The highest BCUT2D eigenvalue weighted by Gasteiger charge is 2.43. The Labute approximate surface area is 188 Å². The van der Waals surface area contributed by atoms with Crippen molar-refractivity contribution in [1.82, 2.24) is 10.2 Å². The smallest absolute Gasteiger partial charge is 0.417 e. The zero-order valence-electron chi connectivity index (χ0n) is 18.0. The number of aliphatic imine (C=N–C) groups is 1. The first-order chi connectivity index (χ1) is 15.7. The van der Waals surface area contributed by atoms with Crippen molar-refractivity contribution in [2.24, 2.45) is 4.99 Å². The van der Waals surface area contributed by atoms with Crippen LogP contribution in [0.25, 0.3) is 0 Å². The molecule has 1 aliphatic rings. The van der Waals surface area contributed by atoms with E-state index in [0.29, 0.717) is 5.96 Å². The lowest BCUT2D eigenvalue weighted by atomic mass is 9.94. The normalized spacial score (nSPS) is 18.7. The number of rotatable bonds is 6. The summed E-state index contributed by atoms with van der Waals surface area (Å²) in [6.45, 7) is 1.89. The average molecular weight is 430 g/mol. The van der Waals surface area contributed by atoms with E-state index in [-0.39, 0.29) is 25.3 Å². The van der Waals surface area contributed by atoms with E-state index in [9.17, 15) is 9.90 Å². The molecule has 0 bridgehead atoms. The van der Waals surface area contributed by atoms with E-state index in [1.807, 2.05) is 91.0 Å². The van der Waals surface area contributed by atoms with Crippen LogP contribution >= 0.6 is 0 Å². The van der Waals surface area contributed by atoms with Gasteiger partial charge in [0.15, 0.2) is 0 Å². The van der Waals surface area contributed by atoms with Gasteiger partial charge in [0.2, 0.25) is 5.96 Å². The molecule has 2 N–H and O–H groups in total. The second kappa shape index (κ2) is 10.1. The van der Waals surface area contributed by atoms with Gasteiger partial charge < -0.3 is 15.2 Å². The van der Waals surface area contributed by atoms with Crippen molar-refractivity contribution >= 4 is 12.1 Å². The van der Waals surface area contributed by atoms with Gasteiger partial charge in [-0.3, -0.25) is 0 Å². The Hall–Kier alpha value is -3.64. The number of ether oxygens (including phenoxy) is 1. The number of hydrogen-bond acceptors (Lipinski definition) is 5. The van der Waals surface area contributed by atoms with Crippen LogP contribution in [-0.4, -0.2) is 35.3 Å². The van der Waals surface area contributed by atoms with Gasteiger partial charge >= 0.3 is 6.09 Å². The summed E-state index contributed by atoms with van der Waals surface area (Å²) in [4.78, 5) is 19.6. The van der Waals surface area contributed by atoms with Crippen molar-refractivity contribution in [3.05, 3.63) is 108 Å². The van der Waals surface area contributed by atoms with Gasteiger partial charge in [0.25, 0.3) is 0 Å². The molecule has 1 amide bonds. The van der Waals surface area contributed by atoms with Crippen molar-refractivity contribution in [3.63, 3.8) is 0 Å². The Morgan fingerprint density at radius 3 is 2.09 bits per heavy atom. The van der Waals surface area contributed by atoms with Crippen molar-refractivity contribution < 1.29 is 14.6 Å². The molecule has 0 unspecified atom stereocenters. The molecular formula is C26H27N3O3. The maximum atomic E-state index is 13.1. The number of aliphatic hydroxyl groups is 1. The van der Waals surface area contributed by atoms with E-state index < -0.39 is 12.1 Å². The second-order valence-electron chi connectivity index (χ2n) is 7.52. The third-order valence-electron chi connectivity index (χ3n) is 5.50. The van der Waals surface area contributed by atoms with E-state index >= 15 is 0 Å². The predicted octanol–water partition coefficient (Wildman–Crippen LogP) is 4.62. The summed E-state index contributed by atoms with van der Waals surface area (Å²) in [6.07, 6.45) is -0.476. The van der Waals surface area contributed by atoms with E-state index in [1.165, 1.54) is 0 Å². The van der Waals surface area contributed by atoms with E-state index in [1.54, 1.807) is 11.8 Å². The molecule has 3 aromatic carbocycles. The molecule has 0 radical (unpaired) electrons. The number of benzene rings is 3. The predicted molar refractivity (Wildman–Crippen MR) is 124 cm³/mol. The first-order valence-corrected chi connectivity index (χ1v) is 10.8. The standard InChI is InChI=1S/C26H27N3O3/c1-2-32-26(31)29-24(21-16-10-5-11-17-21)23(20-14-8-4-9-15-20)28-25(29)27-22(18-30)19-12-6-3-7-13-19/h3-17,22-24,30H,2,18H2,1H3,(H,27,28)/t22-,23+,24+/m1/s1. The van der Waals surface area contributed by atoms with Crippen molar-refractivity contribution in [1.29, 1.82) is 0 Å². The number of nitrogens with zero attached hydrogens (tertiary/aromatic N) is 2. The first-order valence-electron chi connectivity index (χ1n) is 10.8. The van der Waals surface area contributed by atoms with Gasteiger partial charge in [0, 0.05) is 0 Å². The lowest BCUT2D eigenvalue weighted by Gasteiger charge is -2.30. The Balaban J connectivity index is 1.77. The van der Waals surface area contributed by atoms with Gasteiger partial charge in [-0.15, -0.1) is 0 Å². The first kappa shape index (κ1) is 21.6. The zero-order valence-corrected chi connectivity index (χ0v) is 18.0. The van der Waals surface area contributed by atoms with Gasteiger partial charge in [-0.1, -0.05) is 91.0 Å². The summed E-state index contributed by atoms with van der Waals surface area (Å²) in [5, 5.41) is 13.4. The second-order valence-corrected chi connectivity index (χ2v) is 7.52. The molecule has 32 heavy (non-hydrogen) atoms. The van der Waals surface area contributed by atoms with E-state index in [2.05, 4.69) is 5.32 Å². The fraction of sp³-hybridized carbons (Fsp3) is 0.231. The SMILES string of the molecule is CCOC(=O)N1C(N[C@H](CO)c2ccccc2)=N[C@@H](c2ccccc2)[C@@H]1c1ccccc1. The molecule has 1 aliphatic heterocycles. The van der Waals surface area contributed by atoms with Crippen molar-refractivity contribution in [2.75, 3.05) is 13.2 Å². The van der Waals surface area contributed by atoms with Gasteiger partial charge in [-0.25, -0.2) is 14.7 Å². The molecule has 0 saturated carbocycles. The van der Waals surface area contributed by atoms with Crippen molar-refractivity contribution in [3.8, 4) is 0 Å². The number of carbonyl (C=O) groups is 1. The Morgan fingerprint density at radius 2 is 1.53 bits per heavy atom. The molecule has 0 spiro atoms. The van der Waals surface area contributed by atoms with Crippen LogP contribution in [0.2, 0.25) is 0 Å². The fourth-order valence-electron chi connectivity index (χ4n) is 4.00. The molecule has 4 rings (SSSR count). The molecule has 6 heteroatoms. The molecular weight excluding hydrogens is 402 g/mol. The highest BCUT2D eigenvalue weighted by molar-refractivity contribution is 5.96. The highest BCUT2D eigenvalue weighted by atomic mass is 16.6. The number of amides is 1. The molecule has 0 saturated heterocycles. The lowest BCUT2D eigenvalue weighted by Crippen LogP contribution is -2.46. The molecule has 0 aliphatic carbocycles. The van der Waals surface area contributed by atoms with Crippen LogP contribution in [-0.2, 0) is 4.74 Å².